The van der Waals surface area contributed by atoms with Gasteiger partial charge in [-0.15, -0.1) is 0 Å². The van der Waals surface area contributed by atoms with Crippen LogP contribution in [0.4, 0.5) is 5.82 Å². The first-order valence-electron chi connectivity index (χ1n) is 7.23. The van der Waals surface area contributed by atoms with Crippen molar-refractivity contribution in [3.63, 3.8) is 0 Å². The van der Waals surface area contributed by atoms with Crippen LogP contribution in [0.2, 0.25) is 0 Å². The molecule has 2 aliphatic rings. The van der Waals surface area contributed by atoms with Gasteiger partial charge < -0.3 is 14.7 Å². The molecule has 0 amide bonds. The maximum absolute atomic E-state index is 11.7. The molecule has 0 bridgehead atoms. The van der Waals surface area contributed by atoms with Crippen molar-refractivity contribution in [3.8, 4) is 0 Å². The second-order valence-corrected chi connectivity index (χ2v) is 5.58. The van der Waals surface area contributed by atoms with Crippen molar-refractivity contribution in [2.75, 3.05) is 44.3 Å². The highest BCUT2D eigenvalue weighted by Crippen LogP contribution is 2.28. The van der Waals surface area contributed by atoms with Gasteiger partial charge in [-0.2, -0.15) is 0 Å². The summed E-state index contributed by atoms with van der Waals surface area (Å²) in [4.78, 5) is 24.4. The van der Waals surface area contributed by atoms with Gasteiger partial charge in [0.25, 0.3) is 0 Å². The highest BCUT2D eigenvalue weighted by molar-refractivity contribution is 5.79. The molecule has 0 radical (unpaired) electrons. The third kappa shape index (κ3) is 2.58. The van der Waals surface area contributed by atoms with Crippen molar-refractivity contribution in [1.29, 1.82) is 0 Å². The summed E-state index contributed by atoms with van der Waals surface area (Å²) in [5.74, 6) is 0.890. The Hall–Kier alpha value is -1.73. The second-order valence-electron chi connectivity index (χ2n) is 5.58. The molecule has 1 aromatic rings. The Labute approximate surface area is 123 Å². The third-order valence-corrected chi connectivity index (χ3v) is 4.37. The molecule has 0 aromatic carbocycles. The molecule has 0 saturated carbocycles. The van der Waals surface area contributed by atoms with E-state index in [9.17, 15) is 9.90 Å². The lowest BCUT2D eigenvalue weighted by molar-refractivity contribution is -0.152. The molecule has 1 atom stereocenters. The monoisotopic (exact) mass is 292 g/mol. The van der Waals surface area contributed by atoms with E-state index < -0.39 is 11.5 Å². The molecule has 0 spiro atoms. The predicted octanol–water partition coefficient (Wildman–Crippen LogP) is 0.151. The second kappa shape index (κ2) is 5.57. The van der Waals surface area contributed by atoms with E-state index in [1.165, 1.54) is 0 Å². The molecule has 7 nitrogen and oxygen atoms in total. The SMILES string of the molecule is Cc1nccc(N2CCN(C3(C(=O)O)CCOC3)CC2)n1. The van der Waals surface area contributed by atoms with Crippen LogP contribution in [0, 0.1) is 6.92 Å². The molecule has 1 unspecified atom stereocenters. The van der Waals surface area contributed by atoms with Gasteiger partial charge in [0.15, 0.2) is 0 Å². The zero-order valence-electron chi connectivity index (χ0n) is 12.2. The zero-order chi connectivity index (χ0) is 14.9. The normalized spacial score (nSPS) is 27.0. The summed E-state index contributed by atoms with van der Waals surface area (Å²) >= 11 is 0. The highest BCUT2D eigenvalue weighted by atomic mass is 16.5. The van der Waals surface area contributed by atoms with Gasteiger partial charge in [-0.1, -0.05) is 0 Å². The van der Waals surface area contributed by atoms with E-state index in [1.54, 1.807) is 6.20 Å². The van der Waals surface area contributed by atoms with Crippen LogP contribution in [0.1, 0.15) is 12.2 Å². The van der Waals surface area contributed by atoms with Crippen molar-refractivity contribution in [3.05, 3.63) is 18.1 Å². The molecule has 3 heterocycles. The van der Waals surface area contributed by atoms with Crippen LogP contribution in [0.5, 0.6) is 0 Å². The largest absolute Gasteiger partial charge is 0.480 e. The van der Waals surface area contributed by atoms with Crippen LogP contribution in [0.25, 0.3) is 0 Å². The standard InChI is InChI=1S/C14H20N4O3/c1-11-15-4-2-12(16-11)17-5-7-18(8-6-17)14(13(19)20)3-9-21-10-14/h2,4H,3,5-10H2,1H3,(H,19,20). The van der Waals surface area contributed by atoms with Gasteiger partial charge in [-0.05, 0) is 13.0 Å². The number of ether oxygens (including phenoxy) is 1. The average molecular weight is 292 g/mol. The first-order chi connectivity index (χ1) is 10.1. The summed E-state index contributed by atoms with van der Waals surface area (Å²) < 4.78 is 5.35. The van der Waals surface area contributed by atoms with Gasteiger partial charge in [-0.25, -0.2) is 9.97 Å². The number of carbonyl (C=O) groups is 1. The maximum atomic E-state index is 11.7. The van der Waals surface area contributed by atoms with E-state index in [0.29, 0.717) is 26.1 Å². The lowest BCUT2D eigenvalue weighted by Crippen LogP contribution is -2.61. The van der Waals surface area contributed by atoms with Crippen molar-refractivity contribution in [2.45, 2.75) is 18.9 Å². The molecule has 0 aliphatic carbocycles. The fourth-order valence-corrected chi connectivity index (χ4v) is 3.09. The molecule has 114 valence electrons. The van der Waals surface area contributed by atoms with Crippen LogP contribution in [-0.2, 0) is 9.53 Å². The number of nitrogens with zero attached hydrogens (tertiary/aromatic N) is 4. The topological polar surface area (TPSA) is 78.8 Å². The third-order valence-electron chi connectivity index (χ3n) is 4.37. The molecule has 1 N–H and O–H groups in total. The first-order valence-corrected chi connectivity index (χ1v) is 7.23. The van der Waals surface area contributed by atoms with E-state index in [-0.39, 0.29) is 6.61 Å². The predicted molar refractivity (Wildman–Crippen MR) is 76.4 cm³/mol. The van der Waals surface area contributed by atoms with E-state index in [1.807, 2.05) is 17.9 Å². The molecule has 2 saturated heterocycles. The maximum Gasteiger partial charge on any atom is 0.326 e. The molecule has 2 fully saturated rings. The number of carboxylic acid groups (broad SMARTS) is 1. The van der Waals surface area contributed by atoms with Gasteiger partial charge in [-0.3, -0.25) is 9.69 Å². The minimum absolute atomic E-state index is 0.287. The van der Waals surface area contributed by atoms with Crippen molar-refractivity contribution < 1.29 is 14.6 Å². The van der Waals surface area contributed by atoms with Crippen LogP contribution in [-0.4, -0.2) is 70.9 Å². The number of piperazine rings is 1. The summed E-state index contributed by atoms with van der Waals surface area (Å²) in [7, 11) is 0. The highest BCUT2D eigenvalue weighted by Gasteiger charge is 2.48. The molecule has 21 heavy (non-hydrogen) atoms. The number of aryl methyl sites for hydroxylation is 1. The molecule has 1 aromatic heterocycles. The van der Waals surface area contributed by atoms with Crippen LogP contribution < -0.4 is 4.90 Å². The fraction of sp³-hybridized carbons (Fsp3) is 0.643. The lowest BCUT2D eigenvalue weighted by Gasteiger charge is -2.42. The number of hydrogen-bond acceptors (Lipinski definition) is 6. The van der Waals surface area contributed by atoms with Gasteiger partial charge in [0, 0.05) is 45.4 Å². The smallest absolute Gasteiger partial charge is 0.326 e. The Balaban J connectivity index is 1.69. The number of anilines is 1. The molecule has 7 heteroatoms. The van der Waals surface area contributed by atoms with Gasteiger partial charge >= 0.3 is 5.97 Å². The van der Waals surface area contributed by atoms with Crippen LogP contribution in [0.3, 0.4) is 0 Å². The lowest BCUT2D eigenvalue weighted by atomic mass is 9.95. The van der Waals surface area contributed by atoms with E-state index >= 15 is 0 Å². The Bertz CT molecular complexity index is 523. The Morgan fingerprint density at radius 3 is 2.71 bits per heavy atom. The van der Waals surface area contributed by atoms with E-state index in [2.05, 4.69) is 14.9 Å². The summed E-state index contributed by atoms with van der Waals surface area (Å²) in [6.45, 7) is 5.63. The zero-order valence-corrected chi connectivity index (χ0v) is 12.2. The Morgan fingerprint density at radius 1 is 1.38 bits per heavy atom. The number of hydrogen-bond donors (Lipinski definition) is 1. The van der Waals surface area contributed by atoms with Crippen molar-refractivity contribution in [1.82, 2.24) is 14.9 Å². The van der Waals surface area contributed by atoms with E-state index in [0.717, 1.165) is 24.7 Å². The Kier molecular flexibility index (Phi) is 3.77. The summed E-state index contributed by atoms with van der Waals surface area (Å²) in [5, 5.41) is 9.58. The first kappa shape index (κ1) is 14.2. The average Bonchev–Trinajstić information content (AvgIpc) is 2.98. The Morgan fingerprint density at radius 2 is 2.14 bits per heavy atom. The minimum Gasteiger partial charge on any atom is -0.480 e. The minimum atomic E-state index is -0.840. The van der Waals surface area contributed by atoms with Crippen LogP contribution in [0.15, 0.2) is 12.3 Å². The summed E-state index contributed by atoms with van der Waals surface area (Å²) in [5.41, 5.74) is -0.840. The van der Waals surface area contributed by atoms with E-state index in [4.69, 9.17) is 4.74 Å². The number of aliphatic carboxylic acids is 1. The van der Waals surface area contributed by atoms with Gasteiger partial charge in [0.1, 0.15) is 17.2 Å². The van der Waals surface area contributed by atoms with Crippen molar-refractivity contribution in [2.24, 2.45) is 0 Å². The van der Waals surface area contributed by atoms with Crippen LogP contribution >= 0.6 is 0 Å². The van der Waals surface area contributed by atoms with Crippen molar-refractivity contribution >= 4 is 11.8 Å². The molecule has 2 aliphatic heterocycles. The number of rotatable bonds is 3. The molecular formula is C14H20N4O3. The summed E-state index contributed by atoms with van der Waals surface area (Å²) in [6.07, 6.45) is 2.32. The van der Waals surface area contributed by atoms with Gasteiger partial charge in [0.05, 0.1) is 6.61 Å². The quantitative estimate of drug-likeness (QED) is 0.849. The summed E-state index contributed by atoms with van der Waals surface area (Å²) in [6, 6.07) is 1.90. The number of aromatic nitrogens is 2. The molecule has 3 rings (SSSR count). The number of carboxylic acids is 1. The van der Waals surface area contributed by atoms with Gasteiger partial charge in [0.2, 0.25) is 0 Å². The molecular weight excluding hydrogens is 272 g/mol. The fourth-order valence-electron chi connectivity index (χ4n) is 3.09.